The third-order valence-electron chi connectivity index (χ3n) is 1.86. The van der Waals surface area contributed by atoms with Crippen LogP contribution in [0, 0.1) is 0 Å². The fourth-order valence-electron chi connectivity index (χ4n) is 1.22. The van der Waals surface area contributed by atoms with Gasteiger partial charge in [0.1, 0.15) is 6.54 Å². The molecule has 5 heteroatoms. The molecule has 2 nitrogen and oxygen atoms in total. The summed E-state index contributed by atoms with van der Waals surface area (Å²) < 4.78 is 2.17. The van der Waals surface area contributed by atoms with E-state index < -0.39 is 0 Å². The number of hydrogen-bond acceptors (Lipinski definition) is 2. The Bertz CT molecular complexity index is 269. The first kappa shape index (κ1) is 17.4. The number of hydrogen-bond donors (Lipinski definition) is 1. The summed E-state index contributed by atoms with van der Waals surface area (Å²) >= 11 is 4.29. The normalized spacial score (nSPS) is 9.33. The Labute approximate surface area is 110 Å². The molecule has 88 valence electrons. The van der Waals surface area contributed by atoms with Gasteiger partial charge in [0.05, 0.1) is 4.90 Å². The van der Waals surface area contributed by atoms with Crippen molar-refractivity contribution in [2.45, 2.75) is 17.9 Å². The lowest BCUT2D eigenvalue weighted by molar-refractivity contribution is -0.699. The van der Waals surface area contributed by atoms with E-state index >= 15 is 0 Å². The standard InChI is InChI=1S/C10H16N2S.2ClH/c1-11(2)6-4-8-12-7-3-5-10(13)9-12;;/h3,5,7,9H,4,6,8H2,1-2H3;2*1H. The van der Waals surface area contributed by atoms with Crippen LogP contribution in [0.25, 0.3) is 0 Å². The van der Waals surface area contributed by atoms with Crippen molar-refractivity contribution in [2.75, 3.05) is 20.6 Å². The molecule has 0 saturated heterocycles. The Morgan fingerprint density at radius 2 is 2.07 bits per heavy atom. The minimum Gasteiger partial charge on any atom is -1.00 e. The molecular formula is C10H18Cl2N2S. The lowest BCUT2D eigenvalue weighted by Crippen LogP contribution is -3.00. The first-order valence-electron chi connectivity index (χ1n) is 4.51. The van der Waals surface area contributed by atoms with Gasteiger partial charge in [-0.15, -0.1) is 25.0 Å². The van der Waals surface area contributed by atoms with E-state index in [0.29, 0.717) is 0 Å². The van der Waals surface area contributed by atoms with Crippen molar-refractivity contribution < 1.29 is 17.0 Å². The van der Waals surface area contributed by atoms with Crippen molar-refractivity contribution >= 4 is 25.0 Å². The Kier molecular flexibility index (Phi) is 10.8. The molecule has 0 atom stereocenters. The number of aryl methyl sites for hydroxylation is 1. The van der Waals surface area contributed by atoms with Gasteiger partial charge >= 0.3 is 0 Å². The number of nitrogens with zero attached hydrogens (tertiary/aromatic N) is 2. The second kappa shape index (κ2) is 9.28. The average molecular weight is 269 g/mol. The van der Waals surface area contributed by atoms with Gasteiger partial charge in [-0.3, -0.25) is 0 Å². The van der Waals surface area contributed by atoms with Gasteiger partial charge in [-0.2, -0.15) is 0 Å². The van der Waals surface area contributed by atoms with Crippen molar-refractivity contribution in [3.8, 4) is 0 Å². The van der Waals surface area contributed by atoms with Crippen LogP contribution in [-0.4, -0.2) is 25.5 Å². The monoisotopic (exact) mass is 268 g/mol. The summed E-state index contributed by atoms with van der Waals surface area (Å²) in [5, 5.41) is 0. The summed E-state index contributed by atoms with van der Waals surface area (Å²) in [7, 11) is 4.19. The molecule has 1 rings (SSSR count). The molecule has 0 fully saturated rings. The Morgan fingerprint density at radius 1 is 1.40 bits per heavy atom. The van der Waals surface area contributed by atoms with Crippen molar-refractivity contribution in [3.63, 3.8) is 0 Å². The van der Waals surface area contributed by atoms with Crippen molar-refractivity contribution in [3.05, 3.63) is 24.5 Å². The topological polar surface area (TPSA) is 7.12 Å². The van der Waals surface area contributed by atoms with Crippen molar-refractivity contribution in [1.82, 2.24) is 4.90 Å². The van der Waals surface area contributed by atoms with Crippen LogP contribution in [0.3, 0.4) is 0 Å². The minimum atomic E-state index is 0. The minimum absolute atomic E-state index is 0. The summed E-state index contributed by atoms with van der Waals surface area (Å²) in [6, 6.07) is 4.02. The SMILES string of the molecule is CN(C)CCC[n+]1cccc(S)c1.Cl.[Cl-]. The highest BCUT2D eigenvalue weighted by atomic mass is 35.5. The molecule has 1 aromatic heterocycles. The zero-order valence-corrected chi connectivity index (χ0v) is 11.5. The van der Waals surface area contributed by atoms with Crippen LogP contribution >= 0.6 is 25.0 Å². The number of halogens is 2. The van der Waals surface area contributed by atoms with E-state index in [4.69, 9.17) is 0 Å². The van der Waals surface area contributed by atoms with Crippen LogP contribution in [0.2, 0.25) is 0 Å². The fourth-order valence-corrected chi connectivity index (χ4v) is 1.45. The highest BCUT2D eigenvalue weighted by Gasteiger charge is 2.00. The maximum absolute atomic E-state index is 4.29. The maximum Gasteiger partial charge on any atom is 0.182 e. The number of rotatable bonds is 4. The van der Waals surface area contributed by atoms with Gasteiger partial charge in [-0.1, -0.05) is 0 Å². The first-order chi connectivity index (χ1) is 6.18. The summed E-state index contributed by atoms with van der Waals surface area (Å²) in [5.41, 5.74) is 0. The van der Waals surface area contributed by atoms with E-state index in [9.17, 15) is 0 Å². The van der Waals surface area contributed by atoms with Gasteiger partial charge in [0.15, 0.2) is 12.4 Å². The predicted octanol–water partition coefficient (Wildman–Crippen LogP) is -1.36. The van der Waals surface area contributed by atoms with E-state index in [1.165, 1.54) is 6.42 Å². The molecule has 0 aliphatic rings. The van der Waals surface area contributed by atoms with Gasteiger partial charge < -0.3 is 17.3 Å². The zero-order chi connectivity index (χ0) is 9.68. The highest BCUT2D eigenvalue weighted by molar-refractivity contribution is 7.80. The third-order valence-corrected chi connectivity index (χ3v) is 2.13. The number of thiol groups is 1. The van der Waals surface area contributed by atoms with Crippen LogP contribution in [0.15, 0.2) is 29.4 Å². The van der Waals surface area contributed by atoms with Crippen LogP contribution < -0.4 is 17.0 Å². The quantitative estimate of drug-likeness (QED) is 0.524. The van der Waals surface area contributed by atoms with Gasteiger partial charge in [-0.25, -0.2) is 4.57 Å². The van der Waals surface area contributed by atoms with Gasteiger partial charge in [0.25, 0.3) is 0 Å². The molecule has 0 bridgehead atoms. The molecule has 0 radical (unpaired) electrons. The average Bonchev–Trinajstić information content (AvgIpc) is 2.03. The number of aromatic nitrogens is 1. The summed E-state index contributed by atoms with van der Waals surface area (Å²) in [5.74, 6) is 0. The van der Waals surface area contributed by atoms with Gasteiger partial charge in [0, 0.05) is 19.0 Å². The second-order valence-electron chi connectivity index (χ2n) is 3.46. The van der Waals surface area contributed by atoms with E-state index in [-0.39, 0.29) is 24.8 Å². The molecule has 0 spiro atoms. The van der Waals surface area contributed by atoms with Crippen LogP contribution in [0.5, 0.6) is 0 Å². The molecule has 0 aliphatic heterocycles. The molecule has 0 aliphatic carbocycles. The predicted molar refractivity (Wildman–Crippen MR) is 64.3 cm³/mol. The van der Waals surface area contributed by atoms with Crippen LogP contribution in [0.4, 0.5) is 0 Å². The number of pyridine rings is 1. The molecule has 15 heavy (non-hydrogen) atoms. The zero-order valence-electron chi connectivity index (χ0n) is 9.06. The van der Waals surface area contributed by atoms with Crippen LogP contribution in [-0.2, 0) is 6.54 Å². The summed E-state index contributed by atoms with van der Waals surface area (Å²) in [4.78, 5) is 3.22. The van der Waals surface area contributed by atoms with Crippen molar-refractivity contribution in [1.29, 1.82) is 0 Å². The molecule has 0 unspecified atom stereocenters. The van der Waals surface area contributed by atoms with Crippen molar-refractivity contribution in [2.24, 2.45) is 0 Å². The van der Waals surface area contributed by atoms with E-state index in [1.54, 1.807) is 0 Å². The third kappa shape index (κ3) is 7.91. The van der Waals surface area contributed by atoms with Gasteiger partial charge in [-0.05, 0) is 20.2 Å². The highest BCUT2D eigenvalue weighted by Crippen LogP contribution is 1.98. The maximum atomic E-state index is 4.29. The lowest BCUT2D eigenvalue weighted by atomic mass is 10.4. The molecular weight excluding hydrogens is 251 g/mol. The molecule has 0 aromatic carbocycles. The Balaban J connectivity index is 0. The largest absolute Gasteiger partial charge is 1.00 e. The molecule has 1 heterocycles. The lowest BCUT2D eigenvalue weighted by Gasteiger charge is -2.06. The Hall–Kier alpha value is 0.0400. The fraction of sp³-hybridized carbons (Fsp3) is 0.500. The molecule has 1 aromatic rings. The van der Waals surface area contributed by atoms with E-state index in [2.05, 4.69) is 48.6 Å². The molecule has 0 saturated carbocycles. The molecule has 0 amide bonds. The summed E-state index contributed by atoms with van der Waals surface area (Å²) in [6.45, 7) is 2.19. The van der Waals surface area contributed by atoms with Gasteiger partial charge in [0.2, 0.25) is 0 Å². The molecule has 0 N–H and O–H groups in total. The van der Waals surface area contributed by atoms with E-state index in [1.807, 2.05) is 12.1 Å². The smallest absolute Gasteiger partial charge is 0.182 e. The summed E-state index contributed by atoms with van der Waals surface area (Å²) in [6.07, 6.45) is 5.31. The van der Waals surface area contributed by atoms with Crippen LogP contribution in [0.1, 0.15) is 6.42 Å². The first-order valence-corrected chi connectivity index (χ1v) is 4.96. The Morgan fingerprint density at radius 3 is 2.60 bits per heavy atom. The second-order valence-corrected chi connectivity index (χ2v) is 3.97. The van der Waals surface area contributed by atoms with E-state index in [0.717, 1.165) is 18.0 Å².